The van der Waals surface area contributed by atoms with Gasteiger partial charge in [0.15, 0.2) is 0 Å². The van der Waals surface area contributed by atoms with Crippen molar-refractivity contribution in [1.29, 1.82) is 0 Å². The molecule has 0 aliphatic heterocycles. The molecule has 0 radical (unpaired) electrons. The van der Waals surface area contributed by atoms with E-state index in [0.29, 0.717) is 5.56 Å². The number of hydrogen-bond acceptors (Lipinski definition) is 1. The normalized spacial score (nSPS) is 11.3. The number of rotatable bonds is 16. The minimum absolute atomic E-state index is 0.363. The number of unbranched alkanes of at least 4 members (excludes halogenated alkanes) is 13. The molecule has 0 amide bonds. The summed E-state index contributed by atoms with van der Waals surface area (Å²) >= 11 is 0. The van der Waals surface area contributed by atoms with Gasteiger partial charge in [-0.2, -0.15) is 0 Å². The van der Waals surface area contributed by atoms with Gasteiger partial charge in [-0.3, -0.25) is 0 Å². The van der Waals surface area contributed by atoms with E-state index >= 15 is 0 Å². The van der Waals surface area contributed by atoms with Gasteiger partial charge in [0.25, 0.3) is 0 Å². The van der Waals surface area contributed by atoms with Gasteiger partial charge in [-0.15, -0.1) is 0 Å². The minimum atomic E-state index is -0.860. The van der Waals surface area contributed by atoms with Crippen LogP contribution in [0.4, 0.5) is 0 Å². The average molecular weight is 386 g/mol. The van der Waals surface area contributed by atoms with Crippen molar-refractivity contribution in [1.82, 2.24) is 4.57 Å². The zero-order valence-electron chi connectivity index (χ0n) is 17.8. The van der Waals surface area contributed by atoms with Crippen LogP contribution in [-0.2, 0) is 6.54 Å². The van der Waals surface area contributed by atoms with Crippen LogP contribution in [0.25, 0.3) is 10.9 Å². The number of benzene rings is 1. The molecule has 0 saturated heterocycles. The fourth-order valence-corrected chi connectivity index (χ4v) is 4.00. The Bertz CT molecular complexity index is 689. The summed E-state index contributed by atoms with van der Waals surface area (Å²) in [6.45, 7) is 3.30. The molecule has 0 bridgehead atoms. The van der Waals surface area contributed by atoms with Crippen LogP contribution in [0, 0.1) is 0 Å². The molecule has 1 aromatic heterocycles. The number of aryl methyl sites for hydroxylation is 1. The van der Waals surface area contributed by atoms with E-state index in [-0.39, 0.29) is 0 Å². The summed E-state index contributed by atoms with van der Waals surface area (Å²) in [5, 5.41) is 10.1. The van der Waals surface area contributed by atoms with Gasteiger partial charge in [0.1, 0.15) is 0 Å². The molecule has 3 heteroatoms. The molecule has 1 aromatic carbocycles. The van der Waals surface area contributed by atoms with Gasteiger partial charge in [-0.05, 0) is 30.7 Å². The van der Waals surface area contributed by atoms with Crippen LogP contribution in [0.5, 0.6) is 0 Å². The van der Waals surface area contributed by atoms with E-state index in [4.69, 9.17) is 5.11 Å². The lowest BCUT2D eigenvalue weighted by molar-refractivity contribution is 0.0697. The lowest BCUT2D eigenvalue weighted by Gasteiger charge is -2.06. The van der Waals surface area contributed by atoms with E-state index in [1.54, 1.807) is 12.1 Å². The molecule has 0 aliphatic carbocycles. The first-order chi connectivity index (χ1) is 13.7. The second-order valence-corrected chi connectivity index (χ2v) is 8.18. The standard InChI is InChI=1S/C25H39NO2/c1-2-3-4-5-6-7-8-9-10-11-12-13-14-15-19-26-20-18-22-21-23(25(27)28)16-17-24(22)26/h16-18,20-21H,2-15,19H2,1H3,(H,27,28). The maximum Gasteiger partial charge on any atom is 0.335 e. The molecule has 2 aromatic rings. The molecule has 2 rings (SSSR count). The van der Waals surface area contributed by atoms with Gasteiger partial charge in [0.05, 0.1) is 5.56 Å². The fourth-order valence-electron chi connectivity index (χ4n) is 4.00. The highest BCUT2D eigenvalue weighted by atomic mass is 16.4. The van der Waals surface area contributed by atoms with Crippen LogP contribution in [0.1, 0.15) is 107 Å². The van der Waals surface area contributed by atoms with Crippen molar-refractivity contribution in [3.05, 3.63) is 36.0 Å². The number of carboxylic acid groups (broad SMARTS) is 1. The first-order valence-corrected chi connectivity index (χ1v) is 11.5. The molecule has 0 fully saturated rings. The molecule has 0 aliphatic rings. The summed E-state index contributed by atoms with van der Waals surface area (Å²) in [5.41, 5.74) is 1.50. The molecule has 156 valence electrons. The van der Waals surface area contributed by atoms with Crippen molar-refractivity contribution < 1.29 is 9.90 Å². The van der Waals surface area contributed by atoms with E-state index in [0.717, 1.165) is 17.4 Å². The lowest BCUT2D eigenvalue weighted by Crippen LogP contribution is -1.98. The van der Waals surface area contributed by atoms with E-state index < -0.39 is 5.97 Å². The predicted octanol–water partition coefficient (Wildman–Crippen LogP) is 7.82. The summed E-state index contributed by atoms with van der Waals surface area (Å²) in [6.07, 6.45) is 21.4. The van der Waals surface area contributed by atoms with Gasteiger partial charge in [0.2, 0.25) is 0 Å². The van der Waals surface area contributed by atoms with Gasteiger partial charge >= 0.3 is 5.97 Å². The maximum atomic E-state index is 11.1. The van der Waals surface area contributed by atoms with Crippen molar-refractivity contribution in [2.75, 3.05) is 0 Å². The number of carboxylic acids is 1. The van der Waals surface area contributed by atoms with Gasteiger partial charge in [-0.25, -0.2) is 4.79 Å². The fraction of sp³-hybridized carbons (Fsp3) is 0.640. The largest absolute Gasteiger partial charge is 0.478 e. The number of hydrogen-bond donors (Lipinski definition) is 1. The Morgan fingerprint density at radius 2 is 1.32 bits per heavy atom. The van der Waals surface area contributed by atoms with Crippen molar-refractivity contribution in [3.8, 4) is 0 Å². The highest BCUT2D eigenvalue weighted by Crippen LogP contribution is 2.19. The molecule has 1 N–H and O–H groups in total. The molecule has 0 spiro atoms. The Hall–Kier alpha value is -1.77. The molecular formula is C25H39NO2. The quantitative estimate of drug-likeness (QED) is 0.299. The smallest absolute Gasteiger partial charge is 0.335 e. The third-order valence-corrected chi connectivity index (χ3v) is 5.77. The molecule has 1 heterocycles. The summed E-state index contributed by atoms with van der Waals surface area (Å²) < 4.78 is 2.25. The van der Waals surface area contributed by atoms with E-state index in [1.165, 1.54) is 89.9 Å². The average Bonchev–Trinajstić information content (AvgIpc) is 3.10. The van der Waals surface area contributed by atoms with Crippen molar-refractivity contribution in [3.63, 3.8) is 0 Å². The molecule has 0 atom stereocenters. The second-order valence-electron chi connectivity index (χ2n) is 8.18. The number of aromatic carboxylic acids is 1. The van der Waals surface area contributed by atoms with Crippen LogP contribution in [-0.4, -0.2) is 15.6 Å². The van der Waals surface area contributed by atoms with Gasteiger partial charge in [-0.1, -0.05) is 90.4 Å². The van der Waals surface area contributed by atoms with Crippen molar-refractivity contribution in [2.45, 2.75) is 103 Å². The highest BCUT2D eigenvalue weighted by Gasteiger charge is 2.06. The Morgan fingerprint density at radius 1 is 0.786 bits per heavy atom. The number of carbonyl (C=O) groups is 1. The molecule has 0 unspecified atom stereocenters. The van der Waals surface area contributed by atoms with Crippen LogP contribution in [0.2, 0.25) is 0 Å². The Kier molecular flexibility index (Phi) is 10.8. The highest BCUT2D eigenvalue weighted by molar-refractivity contribution is 5.93. The van der Waals surface area contributed by atoms with Gasteiger partial charge in [0, 0.05) is 23.6 Å². The first kappa shape index (κ1) is 22.5. The molecular weight excluding hydrogens is 346 g/mol. The van der Waals surface area contributed by atoms with Gasteiger partial charge < -0.3 is 9.67 Å². The third-order valence-electron chi connectivity index (χ3n) is 5.77. The third kappa shape index (κ3) is 8.08. The zero-order valence-corrected chi connectivity index (χ0v) is 17.8. The van der Waals surface area contributed by atoms with E-state index in [2.05, 4.69) is 17.7 Å². The molecule has 3 nitrogen and oxygen atoms in total. The zero-order chi connectivity index (χ0) is 20.0. The van der Waals surface area contributed by atoms with Crippen LogP contribution in [0.3, 0.4) is 0 Å². The monoisotopic (exact) mass is 385 g/mol. The number of aromatic nitrogens is 1. The second kappa shape index (κ2) is 13.4. The van der Waals surface area contributed by atoms with E-state index in [9.17, 15) is 4.79 Å². The molecule has 28 heavy (non-hydrogen) atoms. The molecule has 0 saturated carbocycles. The van der Waals surface area contributed by atoms with E-state index in [1.807, 2.05) is 12.1 Å². The summed E-state index contributed by atoms with van der Waals surface area (Å²) in [5.74, 6) is -0.860. The summed E-state index contributed by atoms with van der Waals surface area (Å²) in [6, 6.07) is 7.42. The first-order valence-electron chi connectivity index (χ1n) is 11.5. The minimum Gasteiger partial charge on any atom is -0.478 e. The SMILES string of the molecule is CCCCCCCCCCCCCCCCn1ccc2cc(C(=O)O)ccc21. The maximum absolute atomic E-state index is 11.1. The lowest BCUT2D eigenvalue weighted by atomic mass is 10.0. The number of fused-ring (bicyclic) bond motifs is 1. The Labute approximate surface area is 171 Å². The van der Waals surface area contributed by atoms with Crippen LogP contribution < -0.4 is 0 Å². The topological polar surface area (TPSA) is 42.2 Å². The Balaban J connectivity index is 1.48. The summed E-state index contributed by atoms with van der Waals surface area (Å²) in [7, 11) is 0. The summed E-state index contributed by atoms with van der Waals surface area (Å²) in [4.78, 5) is 11.1. The Morgan fingerprint density at radius 3 is 1.86 bits per heavy atom. The van der Waals surface area contributed by atoms with Crippen molar-refractivity contribution in [2.24, 2.45) is 0 Å². The van der Waals surface area contributed by atoms with Crippen LogP contribution >= 0.6 is 0 Å². The number of nitrogens with zero attached hydrogens (tertiary/aromatic N) is 1. The van der Waals surface area contributed by atoms with Crippen molar-refractivity contribution >= 4 is 16.9 Å². The van der Waals surface area contributed by atoms with Crippen LogP contribution in [0.15, 0.2) is 30.5 Å². The predicted molar refractivity (Wildman–Crippen MR) is 119 cm³/mol.